The molecule has 3 rings (SSSR count). The van der Waals surface area contributed by atoms with Crippen molar-refractivity contribution in [2.75, 3.05) is 11.9 Å². The lowest BCUT2D eigenvalue weighted by Gasteiger charge is -2.03. The van der Waals surface area contributed by atoms with Gasteiger partial charge in [0.15, 0.2) is 0 Å². The van der Waals surface area contributed by atoms with Gasteiger partial charge in [-0.2, -0.15) is 5.10 Å². The van der Waals surface area contributed by atoms with Gasteiger partial charge in [0.25, 0.3) is 5.91 Å². The maximum atomic E-state index is 12.1. The normalized spacial score (nSPS) is 10.8. The van der Waals surface area contributed by atoms with E-state index in [4.69, 9.17) is 5.73 Å². The molecule has 0 unspecified atom stereocenters. The van der Waals surface area contributed by atoms with Crippen LogP contribution in [-0.4, -0.2) is 32.2 Å². The SMILES string of the molecule is NCCn1cnc(C(=O)Nc2ccc3cn[nH]c3c2)c1. The van der Waals surface area contributed by atoms with Crippen LogP contribution in [0.3, 0.4) is 0 Å². The average Bonchev–Trinajstić information content (AvgIpc) is 3.07. The number of anilines is 1. The van der Waals surface area contributed by atoms with E-state index in [1.807, 2.05) is 18.2 Å². The van der Waals surface area contributed by atoms with Crippen LogP contribution in [0.25, 0.3) is 10.9 Å². The molecule has 0 radical (unpaired) electrons. The van der Waals surface area contributed by atoms with E-state index in [9.17, 15) is 4.79 Å². The van der Waals surface area contributed by atoms with Crippen LogP contribution in [0.5, 0.6) is 0 Å². The summed E-state index contributed by atoms with van der Waals surface area (Å²) in [5, 5.41) is 10.6. The Morgan fingerprint density at radius 1 is 1.45 bits per heavy atom. The Morgan fingerprint density at radius 2 is 2.35 bits per heavy atom. The molecule has 2 heterocycles. The predicted molar refractivity (Wildman–Crippen MR) is 75.3 cm³/mol. The van der Waals surface area contributed by atoms with Gasteiger partial charge in [0.2, 0.25) is 0 Å². The number of benzene rings is 1. The lowest BCUT2D eigenvalue weighted by molar-refractivity contribution is 0.102. The van der Waals surface area contributed by atoms with Crippen molar-refractivity contribution < 1.29 is 4.79 Å². The van der Waals surface area contributed by atoms with Crippen LogP contribution in [0.4, 0.5) is 5.69 Å². The molecule has 0 aliphatic carbocycles. The maximum Gasteiger partial charge on any atom is 0.275 e. The van der Waals surface area contributed by atoms with Crippen LogP contribution in [0.15, 0.2) is 36.9 Å². The molecule has 3 aromatic rings. The maximum absolute atomic E-state index is 12.1. The zero-order valence-electron chi connectivity index (χ0n) is 10.7. The second-order valence-electron chi connectivity index (χ2n) is 4.41. The van der Waals surface area contributed by atoms with E-state index in [0.717, 1.165) is 10.9 Å². The molecule has 7 nitrogen and oxygen atoms in total. The molecular weight excluding hydrogens is 256 g/mol. The number of imidazole rings is 1. The molecule has 0 saturated heterocycles. The summed E-state index contributed by atoms with van der Waals surface area (Å²) in [5.74, 6) is -0.250. The fraction of sp³-hybridized carbons (Fsp3) is 0.154. The molecule has 0 aliphatic heterocycles. The summed E-state index contributed by atoms with van der Waals surface area (Å²) in [7, 11) is 0. The van der Waals surface area contributed by atoms with Gasteiger partial charge in [-0.3, -0.25) is 9.89 Å². The second kappa shape index (κ2) is 5.14. The van der Waals surface area contributed by atoms with Gasteiger partial charge in [-0.15, -0.1) is 0 Å². The van der Waals surface area contributed by atoms with Crippen LogP contribution in [0.2, 0.25) is 0 Å². The third-order valence-corrected chi connectivity index (χ3v) is 2.95. The molecule has 0 fully saturated rings. The van der Waals surface area contributed by atoms with E-state index < -0.39 is 0 Å². The van der Waals surface area contributed by atoms with Gasteiger partial charge in [0.1, 0.15) is 5.69 Å². The molecule has 4 N–H and O–H groups in total. The quantitative estimate of drug-likeness (QED) is 0.657. The number of nitrogens with one attached hydrogen (secondary N) is 2. The number of carbonyl (C=O) groups excluding carboxylic acids is 1. The molecule has 1 aromatic carbocycles. The molecule has 0 aliphatic rings. The molecule has 0 saturated carbocycles. The van der Waals surface area contributed by atoms with Crippen LogP contribution < -0.4 is 11.1 Å². The minimum Gasteiger partial charge on any atom is -0.335 e. The van der Waals surface area contributed by atoms with E-state index in [-0.39, 0.29) is 5.91 Å². The van der Waals surface area contributed by atoms with Gasteiger partial charge < -0.3 is 15.6 Å². The number of nitrogens with zero attached hydrogens (tertiary/aromatic N) is 3. The van der Waals surface area contributed by atoms with Crippen LogP contribution in [-0.2, 0) is 6.54 Å². The molecule has 7 heteroatoms. The van der Waals surface area contributed by atoms with Crippen molar-refractivity contribution in [1.82, 2.24) is 19.7 Å². The largest absolute Gasteiger partial charge is 0.335 e. The zero-order chi connectivity index (χ0) is 13.9. The van der Waals surface area contributed by atoms with Crippen LogP contribution in [0.1, 0.15) is 10.5 Å². The fourth-order valence-corrected chi connectivity index (χ4v) is 1.96. The minimum atomic E-state index is -0.250. The summed E-state index contributed by atoms with van der Waals surface area (Å²) in [6.07, 6.45) is 5.01. The lowest BCUT2D eigenvalue weighted by atomic mass is 10.2. The average molecular weight is 270 g/mol. The third-order valence-electron chi connectivity index (χ3n) is 2.95. The Kier molecular flexibility index (Phi) is 3.18. The van der Waals surface area contributed by atoms with Crippen molar-refractivity contribution in [3.63, 3.8) is 0 Å². The second-order valence-corrected chi connectivity index (χ2v) is 4.41. The van der Waals surface area contributed by atoms with Crippen molar-refractivity contribution in [3.8, 4) is 0 Å². The summed E-state index contributed by atoms with van der Waals surface area (Å²) in [6.45, 7) is 1.15. The van der Waals surface area contributed by atoms with Gasteiger partial charge in [-0.1, -0.05) is 0 Å². The highest BCUT2D eigenvalue weighted by atomic mass is 16.1. The number of nitrogens with two attached hydrogens (primary N) is 1. The van der Waals surface area contributed by atoms with Gasteiger partial charge in [0.05, 0.1) is 18.0 Å². The standard InChI is InChI=1S/C13H14N6O/c14-3-4-19-7-12(15-8-19)13(20)17-10-2-1-9-6-16-18-11(9)5-10/h1-2,5-8H,3-4,14H2,(H,16,18)(H,17,20). The number of carbonyl (C=O) groups is 1. The molecule has 1 amide bonds. The van der Waals surface area contributed by atoms with Crippen molar-refractivity contribution in [3.05, 3.63) is 42.6 Å². The monoisotopic (exact) mass is 270 g/mol. The number of fused-ring (bicyclic) bond motifs is 1. The molecule has 20 heavy (non-hydrogen) atoms. The first-order valence-corrected chi connectivity index (χ1v) is 6.22. The number of hydrogen-bond donors (Lipinski definition) is 3. The Morgan fingerprint density at radius 3 is 3.20 bits per heavy atom. The van der Waals surface area contributed by atoms with Crippen molar-refractivity contribution >= 4 is 22.5 Å². The van der Waals surface area contributed by atoms with Gasteiger partial charge in [0, 0.05) is 30.4 Å². The number of aromatic amines is 1. The Labute approximate surface area is 114 Å². The third kappa shape index (κ3) is 2.39. The predicted octanol–water partition coefficient (Wildman–Crippen LogP) is 0.970. The molecule has 0 spiro atoms. The van der Waals surface area contributed by atoms with Crippen LogP contribution >= 0.6 is 0 Å². The van der Waals surface area contributed by atoms with Crippen molar-refractivity contribution in [2.45, 2.75) is 6.54 Å². The zero-order valence-corrected chi connectivity index (χ0v) is 10.7. The fourth-order valence-electron chi connectivity index (χ4n) is 1.96. The molecule has 102 valence electrons. The van der Waals surface area contributed by atoms with Crippen molar-refractivity contribution in [2.24, 2.45) is 5.73 Å². The van der Waals surface area contributed by atoms with E-state index in [0.29, 0.717) is 24.5 Å². The molecular formula is C13H14N6O. The summed E-state index contributed by atoms with van der Waals surface area (Å²) in [4.78, 5) is 16.1. The highest BCUT2D eigenvalue weighted by Crippen LogP contribution is 2.17. The molecule has 0 atom stereocenters. The number of amides is 1. The summed E-state index contributed by atoms with van der Waals surface area (Å²) < 4.78 is 1.78. The van der Waals surface area contributed by atoms with E-state index >= 15 is 0 Å². The highest BCUT2D eigenvalue weighted by molar-refractivity contribution is 6.03. The molecule has 0 bridgehead atoms. The van der Waals surface area contributed by atoms with E-state index in [1.54, 1.807) is 23.3 Å². The lowest BCUT2D eigenvalue weighted by Crippen LogP contribution is -2.12. The van der Waals surface area contributed by atoms with Crippen LogP contribution in [0, 0.1) is 0 Å². The van der Waals surface area contributed by atoms with Gasteiger partial charge >= 0.3 is 0 Å². The number of H-pyrrole nitrogens is 1. The Balaban J connectivity index is 1.76. The number of aromatic nitrogens is 4. The van der Waals surface area contributed by atoms with Crippen molar-refractivity contribution in [1.29, 1.82) is 0 Å². The first-order chi connectivity index (χ1) is 9.76. The Hall–Kier alpha value is -2.67. The minimum absolute atomic E-state index is 0.250. The smallest absolute Gasteiger partial charge is 0.275 e. The topological polar surface area (TPSA) is 102 Å². The highest BCUT2D eigenvalue weighted by Gasteiger charge is 2.10. The Bertz CT molecular complexity index is 744. The number of hydrogen-bond acceptors (Lipinski definition) is 4. The van der Waals surface area contributed by atoms with Gasteiger partial charge in [-0.25, -0.2) is 4.98 Å². The van der Waals surface area contributed by atoms with E-state index in [1.165, 1.54) is 0 Å². The first-order valence-electron chi connectivity index (χ1n) is 6.22. The summed E-state index contributed by atoms with van der Waals surface area (Å²) >= 11 is 0. The first kappa shape index (κ1) is 12.4. The van der Waals surface area contributed by atoms with Gasteiger partial charge in [-0.05, 0) is 18.2 Å². The molecule has 2 aromatic heterocycles. The van der Waals surface area contributed by atoms with E-state index in [2.05, 4.69) is 20.5 Å². The number of rotatable bonds is 4. The summed E-state index contributed by atoms with van der Waals surface area (Å²) in [5.41, 5.74) is 7.38. The summed E-state index contributed by atoms with van der Waals surface area (Å²) in [6, 6.07) is 5.55.